The van der Waals surface area contributed by atoms with E-state index in [1.165, 1.54) is 0 Å². The summed E-state index contributed by atoms with van der Waals surface area (Å²) in [5, 5.41) is 2.74. The molecule has 0 aliphatic carbocycles. The third kappa shape index (κ3) is 2.33. The van der Waals surface area contributed by atoms with Gasteiger partial charge in [-0.25, -0.2) is 0 Å². The van der Waals surface area contributed by atoms with E-state index in [9.17, 15) is 9.59 Å². The van der Waals surface area contributed by atoms with E-state index in [1.54, 1.807) is 23.1 Å². The number of rotatable bonds is 1. The normalized spacial score (nSPS) is 17.9. The first-order valence-corrected chi connectivity index (χ1v) is 6.20. The van der Waals surface area contributed by atoms with Gasteiger partial charge in [-0.1, -0.05) is 0 Å². The van der Waals surface area contributed by atoms with Crippen molar-refractivity contribution < 1.29 is 19.1 Å². The Hall–Kier alpha value is -2.24. The average Bonchev–Trinajstić information content (AvgIpc) is 2.78. The smallest absolute Gasteiger partial charge is 0.254 e. The topological polar surface area (TPSA) is 67.9 Å². The number of ether oxygens (including phenoxy) is 2. The van der Waals surface area contributed by atoms with Crippen LogP contribution in [0.4, 0.5) is 0 Å². The van der Waals surface area contributed by atoms with Crippen molar-refractivity contribution in [2.75, 3.05) is 26.4 Å². The fourth-order valence-corrected chi connectivity index (χ4v) is 2.18. The number of carbonyl (C=O) groups is 2. The van der Waals surface area contributed by atoms with Crippen LogP contribution in [-0.2, 0) is 4.79 Å². The molecular formula is C13H14N2O4. The molecule has 19 heavy (non-hydrogen) atoms. The van der Waals surface area contributed by atoms with Gasteiger partial charge in [0.05, 0.1) is 0 Å². The molecule has 0 unspecified atom stereocenters. The number of amides is 2. The molecule has 1 aromatic carbocycles. The van der Waals surface area contributed by atoms with Crippen LogP contribution in [0.1, 0.15) is 16.8 Å². The standard InChI is InChI=1S/C13H14N2O4/c16-12-3-5-15(6-4-14-12)13(17)9-1-2-10-11(7-9)19-8-18-10/h1-2,7H,3-6,8H2,(H,14,16). The van der Waals surface area contributed by atoms with E-state index < -0.39 is 0 Å². The zero-order valence-corrected chi connectivity index (χ0v) is 10.3. The molecule has 0 saturated carbocycles. The fourth-order valence-electron chi connectivity index (χ4n) is 2.18. The number of nitrogens with one attached hydrogen (secondary N) is 1. The second kappa shape index (κ2) is 4.79. The van der Waals surface area contributed by atoms with Crippen LogP contribution in [0.3, 0.4) is 0 Å². The van der Waals surface area contributed by atoms with E-state index in [2.05, 4.69) is 5.32 Å². The van der Waals surface area contributed by atoms with E-state index in [0.29, 0.717) is 43.1 Å². The number of carbonyl (C=O) groups excluding carboxylic acids is 2. The minimum Gasteiger partial charge on any atom is -0.454 e. The van der Waals surface area contributed by atoms with Crippen LogP contribution in [0.5, 0.6) is 11.5 Å². The Labute approximate surface area is 110 Å². The molecule has 0 bridgehead atoms. The van der Waals surface area contributed by atoms with Crippen LogP contribution in [0.2, 0.25) is 0 Å². The lowest BCUT2D eigenvalue weighted by molar-refractivity contribution is -0.120. The van der Waals surface area contributed by atoms with E-state index in [4.69, 9.17) is 9.47 Å². The zero-order valence-electron chi connectivity index (χ0n) is 10.3. The number of nitrogens with zero attached hydrogens (tertiary/aromatic N) is 1. The quantitative estimate of drug-likeness (QED) is 0.794. The van der Waals surface area contributed by atoms with Crippen molar-refractivity contribution in [1.82, 2.24) is 10.2 Å². The summed E-state index contributed by atoms with van der Waals surface area (Å²) in [4.78, 5) is 25.3. The van der Waals surface area contributed by atoms with Gasteiger partial charge in [-0.05, 0) is 18.2 Å². The van der Waals surface area contributed by atoms with Gasteiger partial charge in [0.25, 0.3) is 5.91 Å². The molecule has 1 aromatic rings. The molecule has 0 aromatic heterocycles. The molecule has 0 radical (unpaired) electrons. The summed E-state index contributed by atoms with van der Waals surface area (Å²) < 4.78 is 10.5. The molecule has 2 amide bonds. The minimum atomic E-state index is -0.0881. The highest BCUT2D eigenvalue weighted by Gasteiger charge is 2.22. The maximum absolute atomic E-state index is 12.3. The van der Waals surface area contributed by atoms with E-state index in [-0.39, 0.29) is 18.6 Å². The lowest BCUT2D eigenvalue weighted by Crippen LogP contribution is -2.34. The van der Waals surface area contributed by atoms with Crippen molar-refractivity contribution in [3.8, 4) is 11.5 Å². The van der Waals surface area contributed by atoms with Crippen LogP contribution in [-0.4, -0.2) is 43.1 Å². The molecule has 2 heterocycles. The average molecular weight is 262 g/mol. The molecule has 1 saturated heterocycles. The fraction of sp³-hybridized carbons (Fsp3) is 0.385. The molecule has 0 spiro atoms. The van der Waals surface area contributed by atoms with Crippen molar-refractivity contribution in [1.29, 1.82) is 0 Å². The third-order valence-electron chi connectivity index (χ3n) is 3.22. The summed E-state index contributed by atoms with van der Waals surface area (Å²) in [5.41, 5.74) is 0.554. The number of benzene rings is 1. The molecule has 2 aliphatic rings. The second-order valence-electron chi connectivity index (χ2n) is 4.46. The molecule has 1 fully saturated rings. The van der Waals surface area contributed by atoms with E-state index >= 15 is 0 Å². The number of hydrogen-bond donors (Lipinski definition) is 1. The maximum atomic E-state index is 12.3. The molecule has 100 valence electrons. The monoisotopic (exact) mass is 262 g/mol. The highest BCUT2D eigenvalue weighted by Crippen LogP contribution is 2.32. The van der Waals surface area contributed by atoms with Crippen molar-refractivity contribution in [3.05, 3.63) is 23.8 Å². The van der Waals surface area contributed by atoms with Crippen LogP contribution in [0.25, 0.3) is 0 Å². The molecule has 6 nitrogen and oxygen atoms in total. The molecule has 0 atom stereocenters. The zero-order chi connectivity index (χ0) is 13.2. The van der Waals surface area contributed by atoms with Gasteiger partial charge in [0.15, 0.2) is 11.5 Å². The number of fused-ring (bicyclic) bond motifs is 1. The summed E-state index contributed by atoms with van der Waals surface area (Å²) in [6.45, 7) is 1.66. The van der Waals surface area contributed by atoms with Crippen LogP contribution in [0.15, 0.2) is 18.2 Å². The summed E-state index contributed by atoms with van der Waals surface area (Å²) in [6, 6.07) is 5.14. The van der Waals surface area contributed by atoms with Crippen LogP contribution >= 0.6 is 0 Å². The molecular weight excluding hydrogens is 248 g/mol. The Morgan fingerprint density at radius 2 is 2.05 bits per heavy atom. The SMILES string of the molecule is O=C1CCN(C(=O)c2ccc3c(c2)OCO3)CCN1. The van der Waals surface area contributed by atoms with E-state index in [0.717, 1.165) is 0 Å². The Morgan fingerprint density at radius 1 is 1.21 bits per heavy atom. The largest absolute Gasteiger partial charge is 0.454 e. The molecule has 2 aliphatic heterocycles. The Bertz CT molecular complexity index is 529. The van der Waals surface area contributed by atoms with Crippen molar-refractivity contribution in [3.63, 3.8) is 0 Å². The van der Waals surface area contributed by atoms with Gasteiger partial charge >= 0.3 is 0 Å². The summed E-state index contributed by atoms with van der Waals surface area (Å²) in [6.07, 6.45) is 0.344. The van der Waals surface area contributed by atoms with Gasteiger partial charge in [0.1, 0.15) is 0 Å². The summed E-state index contributed by atoms with van der Waals surface area (Å²) >= 11 is 0. The molecule has 1 N–H and O–H groups in total. The Morgan fingerprint density at radius 3 is 2.95 bits per heavy atom. The van der Waals surface area contributed by atoms with Gasteiger partial charge in [-0.3, -0.25) is 9.59 Å². The van der Waals surface area contributed by atoms with Gasteiger partial charge in [-0.15, -0.1) is 0 Å². The summed E-state index contributed by atoms with van der Waals surface area (Å²) in [7, 11) is 0. The molecule has 3 rings (SSSR count). The predicted octanol–water partition coefficient (Wildman–Crippen LogP) is 0.377. The second-order valence-corrected chi connectivity index (χ2v) is 4.46. The lowest BCUT2D eigenvalue weighted by atomic mass is 10.1. The first kappa shape index (κ1) is 11.8. The highest BCUT2D eigenvalue weighted by atomic mass is 16.7. The predicted molar refractivity (Wildman–Crippen MR) is 66.1 cm³/mol. The van der Waals surface area contributed by atoms with Crippen molar-refractivity contribution in [2.24, 2.45) is 0 Å². The Balaban J connectivity index is 1.77. The summed E-state index contributed by atoms with van der Waals surface area (Å²) in [5.74, 6) is 1.15. The highest BCUT2D eigenvalue weighted by molar-refractivity contribution is 5.95. The lowest BCUT2D eigenvalue weighted by Gasteiger charge is -2.19. The van der Waals surface area contributed by atoms with Gasteiger partial charge in [0, 0.05) is 31.6 Å². The third-order valence-corrected chi connectivity index (χ3v) is 3.22. The number of hydrogen-bond acceptors (Lipinski definition) is 4. The first-order valence-electron chi connectivity index (χ1n) is 6.20. The van der Waals surface area contributed by atoms with Crippen LogP contribution in [0, 0.1) is 0 Å². The van der Waals surface area contributed by atoms with Gasteiger partial charge < -0.3 is 19.7 Å². The van der Waals surface area contributed by atoms with Crippen molar-refractivity contribution in [2.45, 2.75) is 6.42 Å². The minimum absolute atomic E-state index is 0.0130. The van der Waals surface area contributed by atoms with E-state index in [1.807, 2.05) is 0 Å². The Kier molecular flexibility index (Phi) is 2.98. The van der Waals surface area contributed by atoms with Gasteiger partial charge in [-0.2, -0.15) is 0 Å². The molecule has 6 heteroatoms. The maximum Gasteiger partial charge on any atom is 0.254 e. The first-order chi connectivity index (χ1) is 9.24. The van der Waals surface area contributed by atoms with Crippen molar-refractivity contribution >= 4 is 11.8 Å². The van der Waals surface area contributed by atoms with Crippen LogP contribution < -0.4 is 14.8 Å². The van der Waals surface area contributed by atoms with Gasteiger partial charge in [0.2, 0.25) is 12.7 Å².